The molecule has 10 heteroatoms. The molecule has 1 fully saturated rings. The maximum Gasteiger partial charge on any atom is 0.437 e. The topological polar surface area (TPSA) is 78.9 Å². The van der Waals surface area contributed by atoms with E-state index < -0.39 is 41.7 Å². The second-order valence-electron chi connectivity index (χ2n) is 5.49. The molecule has 6 nitrogen and oxygen atoms in total. The van der Waals surface area contributed by atoms with Gasteiger partial charge in [0.2, 0.25) is 0 Å². The first-order chi connectivity index (χ1) is 11.5. The van der Waals surface area contributed by atoms with Crippen LogP contribution in [0, 0.1) is 11.7 Å². The number of esters is 1. The van der Waals surface area contributed by atoms with E-state index in [1.807, 2.05) is 0 Å². The molecule has 25 heavy (non-hydrogen) atoms. The Balaban J connectivity index is 2.64. The smallest absolute Gasteiger partial charge is 0.437 e. The van der Waals surface area contributed by atoms with Crippen LogP contribution in [-0.4, -0.2) is 47.6 Å². The quantitative estimate of drug-likeness (QED) is 0.635. The summed E-state index contributed by atoms with van der Waals surface area (Å²) in [6.45, 7) is 1.14. The van der Waals surface area contributed by atoms with Gasteiger partial charge in [-0.05, 0) is 24.6 Å². The highest BCUT2D eigenvalue weighted by Gasteiger charge is 2.69. The summed E-state index contributed by atoms with van der Waals surface area (Å²) in [5.74, 6) is -4.40. The molecule has 2 amide bonds. The Kier molecular flexibility index (Phi) is 4.94. The fraction of sp³-hybridized carbons (Fsp3) is 0.467. The molecule has 0 unspecified atom stereocenters. The predicted octanol–water partition coefficient (Wildman–Crippen LogP) is 1.95. The van der Waals surface area contributed by atoms with Gasteiger partial charge in [-0.15, -0.1) is 0 Å². The number of carbonyl (C=O) groups is 2. The van der Waals surface area contributed by atoms with Crippen molar-refractivity contribution < 1.29 is 37.0 Å². The lowest BCUT2D eigenvalue weighted by Crippen LogP contribution is -2.73. The molecule has 0 bridgehead atoms. The van der Waals surface area contributed by atoms with Crippen LogP contribution >= 0.6 is 0 Å². The lowest BCUT2D eigenvalue weighted by atomic mass is 9.81. The molecule has 0 aliphatic carbocycles. The van der Waals surface area contributed by atoms with E-state index in [0.717, 1.165) is 12.1 Å². The highest BCUT2D eigenvalue weighted by atomic mass is 19.4. The van der Waals surface area contributed by atoms with Crippen molar-refractivity contribution in [3.63, 3.8) is 0 Å². The second-order valence-corrected chi connectivity index (χ2v) is 5.49. The van der Waals surface area contributed by atoms with E-state index in [1.54, 1.807) is 0 Å². The number of ether oxygens (including phenoxy) is 1. The molecular weight excluding hydrogens is 348 g/mol. The molecule has 2 rings (SSSR count). The lowest BCUT2D eigenvalue weighted by molar-refractivity contribution is -0.328. The van der Waals surface area contributed by atoms with E-state index in [0.29, 0.717) is 7.05 Å². The van der Waals surface area contributed by atoms with Crippen LogP contribution in [0.5, 0.6) is 0 Å². The number of carbonyl (C=O) groups excluding carboxylic acids is 2. The molecule has 2 N–H and O–H groups in total. The summed E-state index contributed by atoms with van der Waals surface area (Å²) in [6, 6.07) is 1.47. The van der Waals surface area contributed by atoms with Crippen molar-refractivity contribution in [1.29, 1.82) is 0 Å². The minimum Gasteiger partial charge on any atom is -0.466 e. The van der Waals surface area contributed by atoms with Crippen molar-refractivity contribution in [3.8, 4) is 0 Å². The number of urea groups is 1. The molecule has 0 aromatic heterocycles. The summed E-state index contributed by atoms with van der Waals surface area (Å²) in [7, 11) is 0.705. The minimum atomic E-state index is -5.36. The first kappa shape index (κ1) is 19.0. The summed E-state index contributed by atoms with van der Waals surface area (Å²) >= 11 is 0. The first-order valence-electron chi connectivity index (χ1n) is 7.29. The second kappa shape index (κ2) is 6.51. The van der Waals surface area contributed by atoms with Gasteiger partial charge in [0.25, 0.3) is 5.72 Å². The molecule has 1 aromatic carbocycles. The molecule has 0 saturated carbocycles. The van der Waals surface area contributed by atoms with Crippen LogP contribution in [0.1, 0.15) is 18.5 Å². The van der Waals surface area contributed by atoms with Gasteiger partial charge < -0.3 is 15.2 Å². The Hall–Kier alpha value is -2.36. The molecule has 1 heterocycles. The van der Waals surface area contributed by atoms with E-state index in [1.165, 1.54) is 19.1 Å². The third kappa shape index (κ3) is 3.13. The standard InChI is InChI=1S/C15H16F4N2O4/c1-3-25-12(22)10-11(8-5-4-6-9(16)7-8)20-13(23)21(2)14(10,24)15(17,18)19/h4-7,10-11,24H,3H2,1-2H3,(H,20,23)/t10-,11+,14-/m0/s1. The van der Waals surface area contributed by atoms with Gasteiger partial charge in [0, 0.05) is 7.05 Å². The molecular formula is C15H16F4N2O4. The highest BCUT2D eigenvalue weighted by Crippen LogP contribution is 2.46. The Labute approximate surface area is 140 Å². The number of halogens is 4. The predicted molar refractivity (Wildman–Crippen MR) is 76.6 cm³/mol. The molecule has 138 valence electrons. The Morgan fingerprint density at radius 2 is 2.08 bits per heavy atom. The van der Waals surface area contributed by atoms with Crippen molar-refractivity contribution >= 4 is 12.0 Å². The Morgan fingerprint density at radius 3 is 2.60 bits per heavy atom. The molecule has 0 spiro atoms. The maximum atomic E-state index is 13.6. The summed E-state index contributed by atoms with van der Waals surface area (Å²) in [5.41, 5.74) is -3.93. The van der Waals surface area contributed by atoms with E-state index in [-0.39, 0.29) is 17.1 Å². The van der Waals surface area contributed by atoms with Gasteiger partial charge in [-0.25, -0.2) is 9.18 Å². The van der Waals surface area contributed by atoms with Crippen LogP contribution in [0.4, 0.5) is 22.4 Å². The third-order valence-corrected chi connectivity index (χ3v) is 4.03. The van der Waals surface area contributed by atoms with E-state index in [9.17, 15) is 32.3 Å². The SMILES string of the molecule is CCOC(=O)[C@@H]1[C@@H](c2cccc(F)c2)NC(=O)N(C)[C@@]1(O)C(F)(F)F. The summed E-state index contributed by atoms with van der Waals surface area (Å²) in [6.07, 6.45) is -5.36. The lowest BCUT2D eigenvalue weighted by Gasteiger charge is -2.49. The van der Waals surface area contributed by atoms with Gasteiger partial charge in [-0.2, -0.15) is 13.2 Å². The Bertz CT molecular complexity index is 682. The Morgan fingerprint density at radius 1 is 1.44 bits per heavy atom. The monoisotopic (exact) mass is 364 g/mol. The number of alkyl halides is 3. The van der Waals surface area contributed by atoms with Gasteiger partial charge >= 0.3 is 18.2 Å². The van der Waals surface area contributed by atoms with Crippen molar-refractivity contribution in [2.24, 2.45) is 5.92 Å². The normalized spacial score (nSPS) is 27.0. The fourth-order valence-corrected chi connectivity index (χ4v) is 2.78. The van der Waals surface area contributed by atoms with Crippen LogP contribution in [0.25, 0.3) is 0 Å². The largest absolute Gasteiger partial charge is 0.466 e. The number of hydrogen-bond donors (Lipinski definition) is 2. The van der Waals surface area contributed by atoms with Gasteiger partial charge in [0.15, 0.2) is 0 Å². The maximum absolute atomic E-state index is 13.6. The number of hydrogen-bond acceptors (Lipinski definition) is 4. The molecule has 1 aliphatic rings. The number of benzene rings is 1. The zero-order valence-electron chi connectivity index (χ0n) is 13.3. The summed E-state index contributed by atoms with van der Waals surface area (Å²) < 4.78 is 59.0. The van der Waals surface area contributed by atoms with Gasteiger partial charge in [0.05, 0.1) is 12.6 Å². The summed E-state index contributed by atoms with van der Waals surface area (Å²) in [4.78, 5) is 24.2. The number of rotatable bonds is 3. The van der Waals surface area contributed by atoms with Crippen molar-refractivity contribution in [2.75, 3.05) is 13.7 Å². The zero-order chi connectivity index (χ0) is 19.0. The summed E-state index contributed by atoms with van der Waals surface area (Å²) in [5, 5.41) is 12.5. The third-order valence-electron chi connectivity index (χ3n) is 4.03. The van der Waals surface area contributed by atoms with E-state index in [2.05, 4.69) is 10.1 Å². The molecule has 1 aliphatic heterocycles. The van der Waals surface area contributed by atoms with Gasteiger partial charge in [0.1, 0.15) is 11.7 Å². The van der Waals surface area contributed by atoms with Crippen molar-refractivity contribution in [3.05, 3.63) is 35.6 Å². The fourth-order valence-electron chi connectivity index (χ4n) is 2.78. The van der Waals surface area contributed by atoms with Crippen molar-refractivity contribution in [2.45, 2.75) is 24.9 Å². The van der Waals surface area contributed by atoms with E-state index >= 15 is 0 Å². The number of amides is 2. The number of aliphatic hydroxyl groups is 1. The molecule has 1 saturated heterocycles. The van der Waals surface area contributed by atoms with Crippen LogP contribution in [0.3, 0.4) is 0 Å². The van der Waals surface area contributed by atoms with Crippen LogP contribution < -0.4 is 5.32 Å². The van der Waals surface area contributed by atoms with Crippen LogP contribution in [0.15, 0.2) is 24.3 Å². The molecule has 0 radical (unpaired) electrons. The number of nitrogens with one attached hydrogen (secondary N) is 1. The van der Waals surface area contributed by atoms with Gasteiger partial charge in [-0.3, -0.25) is 9.69 Å². The van der Waals surface area contributed by atoms with E-state index in [4.69, 9.17) is 0 Å². The average molecular weight is 364 g/mol. The highest BCUT2D eigenvalue weighted by molar-refractivity contribution is 5.83. The molecule has 3 atom stereocenters. The number of nitrogens with zero attached hydrogens (tertiary/aromatic N) is 1. The average Bonchev–Trinajstić information content (AvgIpc) is 2.51. The first-order valence-corrected chi connectivity index (χ1v) is 7.29. The van der Waals surface area contributed by atoms with Crippen molar-refractivity contribution in [1.82, 2.24) is 10.2 Å². The van der Waals surface area contributed by atoms with Gasteiger partial charge in [-0.1, -0.05) is 12.1 Å². The van der Waals surface area contributed by atoms with Crippen LogP contribution in [-0.2, 0) is 9.53 Å². The molecule has 1 aromatic rings. The zero-order valence-corrected chi connectivity index (χ0v) is 13.3. The van der Waals surface area contributed by atoms with Crippen LogP contribution in [0.2, 0.25) is 0 Å². The minimum absolute atomic E-state index is 0.00954.